The van der Waals surface area contributed by atoms with Crippen LogP contribution in [0.4, 0.5) is 4.79 Å². The molecule has 0 N–H and O–H groups in total. The van der Waals surface area contributed by atoms with Gasteiger partial charge in [0.2, 0.25) is 0 Å². The van der Waals surface area contributed by atoms with Crippen LogP contribution >= 0.6 is 11.9 Å². The number of carbonyl (C=O) groups excluding carboxylic acids is 2. The molecule has 9 heteroatoms. The molecule has 0 saturated heterocycles. The zero-order chi connectivity index (χ0) is 17.7. The summed E-state index contributed by atoms with van der Waals surface area (Å²) in [4.78, 5) is 38.5. The molecule has 0 aliphatic rings. The van der Waals surface area contributed by atoms with E-state index in [0.717, 1.165) is 22.5 Å². The average molecular weight is 333 g/mol. The zero-order valence-electron chi connectivity index (χ0n) is 13.9. The molecule has 0 spiro atoms. The van der Waals surface area contributed by atoms with Gasteiger partial charge in [-0.3, -0.25) is 24.1 Å². The highest BCUT2D eigenvalue weighted by Gasteiger charge is 2.34. The standard InChI is InChI=1S/C13H23N3O5S/c1-9(2)10(17)13(5,6)22-15(7)11(18)21-14-8-12(3,4)16(19)20/h8-9H,1-7H3. The number of nitro groups is 1. The first-order valence-electron chi connectivity index (χ1n) is 6.68. The fourth-order valence-electron chi connectivity index (χ4n) is 1.42. The lowest BCUT2D eigenvalue weighted by Crippen LogP contribution is -2.37. The summed E-state index contributed by atoms with van der Waals surface area (Å²) in [7, 11) is 1.44. The number of Topliss-reactive ketones (excluding diaryl/α,β-unsaturated/α-hetero) is 1. The van der Waals surface area contributed by atoms with Gasteiger partial charge >= 0.3 is 6.09 Å². The second-order valence-corrected chi connectivity index (χ2v) is 7.87. The number of hydrogen-bond donors (Lipinski definition) is 0. The molecule has 0 rings (SSSR count). The van der Waals surface area contributed by atoms with Gasteiger partial charge in [0.05, 0.1) is 4.75 Å². The number of hydrogen-bond acceptors (Lipinski definition) is 7. The SMILES string of the molecule is CC(C)C(=O)C(C)(C)SN(C)C(=O)ON=CC(C)(C)[N+](=O)[O-]. The normalized spacial score (nSPS) is 12.5. The minimum absolute atomic E-state index is 0.00450. The number of nitrogens with zero attached hydrogens (tertiary/aromatic N) is 3. The lowest BCUT2D eigenvalue weighted by Gasteiger charge is -2.28. The Balaban J connectivity index is 4.67. The molecule has 1 amide bonds. The summed E-state index contributed by atoms with van der Waals surface area (Å²) in [5, 5.41) is 14.0. The van der Waals surface area contributed by atoms with Crippen LogP contribution in [0.3, 0.4) is 0 Å². The molecule has 0 aromatic heterocycles. The maximum atomic E-state index is 12.0. The molecule has 0 aromatic rings. The van der Waals surface area contributed by atoms with E-state index in [0.29, 0.717) is 0 Å². The number of oxime groups is 1. The predicted molar refractivity (Wildman–Crippen MR) is 85.3 cm³/mol. The van der Waals surface area contributed by atoms with Crippen LogP contribution in [0.2, 0.25) is 0 Å². The van der Waals surface area contributed by atoms with E-state index in [1.165, 1.54) is 20.9 Å². The van der Waals surface area contributed by atoms with Crippen LogP contribution in [0.1, 0.15) is 41.5 Å². The van der Waals surface area contributed by atoms with Crippen LogP contribution in [0.25, 0.3) is 0 Å². The summed E-state index contributed by atoms with van der Waals surface area (Å²) < 4.78 is 0.336. The van der Waals surface area contributed by atoms with Crippen molar-refractivity contribution in [2.45, 2.75) is 51.8 Å². The van der Waals surface area contributed by atoms with Crippen LogP contribution in [-0.2, 0) is 9.63 Å². The summed E-state index contributed by atoms with van der Waals surface area (Å²) in [5.74, 6) is -0.166. The first-order valence-corrected chi connectivity index (χ1v) is 7.45. The molecule has 126 valence electrons. The number of carbonyl (C=O) groups is 2. The first-order chi connectivity index (χ1) is 9.81. The summed E-state index contributed by atoms with van der Waals surface area (Å²) in [6.07, 6.45) is 0.124. The van der Waals surface area contributed by atoms with Crippen LogP contribution in [0.15, 0.2) is 5.16 Å². The molecule has 8 nitrogen and oxygen atoms in total. The van der Waals surface area contributed by atoms with E-state index >= 15 is 0 Å². The third kappa shape index (κ3) is 6.00. The van der Waals surface area contributed by atoms with Gasteiger partial charge in [0, 0.05) is 31.7 Å². The highest BCUT2D eigenvalue weighted by Crippen LogP contribution is 2.30. The van der Waals surface area contributed by atoms with Crippen LogP contribution in [0, 0.1) is 16.0 Å². The van der Waals surface area contributed by atoms with Crippen molar-refractivity contribution >= 4 is 30.0 Å². The maximum Gasteiger partial charge on any atom is 0.445 e. The molecule has 0 bridgehead atoms. The van der Waals surface area contributed by atoms with Crippen molar-refractivity contribution in [1.29, 1.82) is 0 Å². The Kier molecular flexibility index (Phi) is 7.01. The van der Waals surface area contributed by atoms with Gasteiger partial charge < -0.3 is 0 Å². The third-order valence-corrected chi connectivity index (χ3v) is 3.79. The van der Waals surface area contributed by atoms with E-state index in [-0.39, 0.29) is 11.7 Å². The van der Waals surface area contributed by atoms with Gasteiger partial charge in [0.15, 0.2) is 5.78 Å². The van der Waals surface area contributed by atoms with Crippen molar-refractivity contribution in [3.63, 3.8) is 0 Å². The topological polar surface area (TPSA) is 102 Å². The number of ketones is 1. The fourth-order valence-corrected chi connectivity index (χ4v) is 2.54. The van der Waals surface area contributed by atoms with E-state index in [4.69, 9.17) is 0 Å². The molecular weight excluding hydrogens is 310 g/mol. The van der Waals surface area contributed by atoms with Gasteiger partial charge in [-0.1, -0.05) is 19.0 Å². The van der Waals surface area contributed by atoms with Crippen LogP contribution in [-0.4, -0.2) is 44.7 Å². The van der Waals surface area contributed by atoms with Crippen LogP contribution < -0.4 is 0 Å². The van der Waals surface area contributed by atoms with E-state index in [1.807, 2.05) is 0 Å². The lowest BCUT2D eigenvalue weighted by atomic mass is 9.98. The molecule has 0 fully saturated rings. The molecule has 0 aliphatic carbocycles. The average Bonchev–Trinajstić information content (AvgIpc) is 2.36. The van der Waals surface area contributed by atoms with Crippen molar-refractivity contribution in [3.05, 3.63) is 10.1 Å². The summed E-state index contributed by atoms with van der Waals surface area (Å²) in [6.45, 7) is 9.64. The van der Waals surface area contributed by atoms with Crippen molar-refractivity contribution in [3.8, 4) is 0 Å². The Morgan fingerprint density at radius 3 is 2.23 bits per heavy atom. The zero-order valence-corrected chi connectivity index (χ0v) is 14.8. The maximum absolute atomic E-state index is 12.0. The molecule has 0 radical (unpaired) electrons. The second-order valence-electron chi connectivity index (χ2n) is 6.12. The monoisotopic (exact) mass is 333 g/mol. The summed E-state index contributed by atoms with van der Waals surface area (Å²) >= 11 is 1.01. The lowest BCUT2D eigenvalue weighted by molar-refractivity contribution is -0.536. The molecule has 0 aliphatic heterocycles. The smallest absolute Gasteiger partial charge is 0.298 e. The number of rotatable bonds is 7. The Hall–Kier alpha value is -1.64. The van der Waals surface area contributed by atoms with Crippen LogP contribution in [0.5, 0.6) is 0 Å². The minimum atomic E-state index is -1.43. The molecular formula is C13H23N3O5S. The summed E-state index contributed by atoms with van der Waals surface area (Å²) in [5.41, 5.74) is -1.43. The molecule has 0 saturated carbocycles. The largest absolute Gasteiger partial charge is 0.445 e. The molecule has 0 unspecified atom stereocenters. The van der Waals surface area contributed by atoms with Gasteiger partial charge in [0.1, 0.15) is 6.21 Å². The van der Waals surface area contributed by atoms with E-state index in [9.17, 15) is 19.7 Å². The van der Waals surface area contributed by atoms with Crippen molar-refractivity contribution in [2.75, 3.05) is 7.05 Å². The van der Waals surface area contributed by atoms with Gasteiger partial charge in [-0.05, 0) is 25.8 Å². The molecule has 0 aromatic carbocycles. The Morgan fingerprint density at radius 1 is 1.32 bits per heavy atom. The molecule has 0 atom stereocenters. The predicted octanol–water partition coefficient (Wildman–Crippen LogP) is 2.75. The molecule has 0 heterocycles. The van der Waals surface area contributed by atoms with E-state index in [1.54, 1.807) is 27.7 Å². The highest BCUT2D eigenvalue weighted by atomic mass is 32.2. The molecule has 22 heavy (non-hydrogen) atoms. The Morgan fingerprint density at radius 2 is 1.82 bits per heavy atom. The van der Waals surface area contributed by atoms with Gasteiger partial charge in [-0.2, -0.15) is 0 Å². The first kappa shape index (κ1) is 20.4. The van der Waals surface area contributed by atoms with Gasteiger partial charge in [0.25, 0.3) is 5.54 Å². The minimum Gasteiger partial charge on any atom is -0.298 e. The van der Waals surface area contributed by atoms with Crippen molar-refractivity contribution < 1.29 is 19.3 Å². The quantitative estimate of drug-likeness (QED) is 0.233. The van der Waals surface area contributed by atoms with Crippen molar-refractivity contribution in [2.24, 2.45) is 11.1 Å². The fraction of sp³-hybridized carbons (Fsp3) is 0.769. The summed E-state index contributed by atoms with van der Waals surface area (Å²) in [6, 6.07) is 0. The van der Waals surface area contributed by atoms with Crippen molar-refractivity contribution in [1.82, 2.24) is 4.31 Å². The Labute approximate surface area is 134 Å². The van der Waals surface area contributed by atoms with E-state index < -0.39 is 21.3 Å². The Bertz CT molecular complexity index is 474. The van der Waals surface area contributed by atoms with Gasteiger partial charge in [-0.15, -0.1) is 0 Å². The highest BCUT2D eigenvalue weighted by molar-refractivity contribution is 7.99. The van der Waals surface area contributed by atoms with E-state index in [2.05, 4.69) is 9.99 Å². The third-order valence-electron chi connectivity index (χ3n) is 2.71. The second kappa shape index (κ2) is 7.57. The van der Waals surface area contributed by atoms with Gasteiger partial charge in [-0.25, -0.2) is 4.79 Å². The number of amides is 1.